The molecule has 1 aromatic carbocycles. The zero-order valence-corrected chi connectivity index (χ0v) is 20.0. The van der Waals surface area contributed by atoms with E-state index in [2.05, 4.69) is 25.7 Å². The first kappa shape index (κ1) is 22.5. The lowest BCUT2D eigenvalue weighted by Gasteiger charge is -2.09. The molecule has 0 saturated heterocycles. The van der Waals surface area contributed by atoms with Crippen molar-refractivity contribution >= 4 is 22.7 Å². The van der Waals surface area contributed by atoms with Gasteiger partial charge in [-0.3, -0.25) is 14.2 Å². The van der Waals surface area contributed by atoms with Crippen molar-refractivity contribution < 1.29 is 13.7 Å². The van der Waals surface area contributed by atoms with Crippen molar-refractivity contribution in [2.24, 2.45) is 7.05 Å². The van der Waals surface area contributed by atoms with Gasteiger partial charge in [0.2, 0.25) is 0 Å². The average molecular weight is 474 g/mol. The van der Waals surface area contributed by atoms with Gasteiger partial charge in [0.05, 0.1) is 51.7 Å². The normalized spacial score (nSPS) is 11.4. The molecule has 1 amide bonds. The maximum atomic E-state index is 13.6. The summed E-state index contributed by atoms with van der Waals surface area (Å²) in [7, 11) is 1.83. The summed E-state index contributed by atoms with van der Waals surface area (Å²) in [5, 5.41) is 16.5. The van der Waals surface area contributed by atoms with Crippen LogP contribution in [0.15, 0.2) is 41.1 Å². The second-order valence-electron chi connectivity index (χ2n) is 8.59. The predicted molar refractivity (Wildman–Crippen MR) is 129 cm³/mol. The highest BCUT2D eigenvalue weighted by Crippen LogP contribution is 2.30. The molecule has 178 valence electrons. The molecule has 0 fully saturated rings. The van der Waals surface area contributed by atoms with Gasteiger partial charge in [0.15, 0.2) is 0 Å². The van der Waals surface area contributed by atoms with E-state index in [1.54, 1.807) is 34.5 Å². The Kier molecular flexibility index (Phi) is 5.43. The van der Waals surface area contributed by atoms with Crippen molar-refractivity contribution in [3.8, 4) is 11.3 Å². The summed E-state index contributed by atoms with van der Waals surface area (Å²) in [5.74, 6) is -0.609. The van der Waals surface area contributed by atoms with E-state index in [1.165, 1.54) is 12.1 Å². The first-order valence-corrected chi connectivity index (χ1v) is 11.1. The fourth-order valence-corrected chi connectivity index (χ4v) is 4.24. The number of nitrogens with one attached hydrogen (secondary N) is 1. The number of hydrogen-bond acceptors (Lipinski definition) is 6. The molecule has 35 heavy (non-hydrogen) atoms. The highest BCUT2D eigenvalue weighted by atomic mass is 19.1. The number of nitrogens with zero attached hydrogens (tertiary/aromatic N) is 6. The van der Waals surface area contributed by atoms with Crippen LogP contribution in [0.3, 0.4) is 0 Å². The van der Waals surface area contributed by atoms with Crippen LogP contribution in [0.5, 0.6) is 0 Å². The summed E-state index contributed by atoms with van der Waals surface area (Å²) in [6, 6.07) is 8.00. The summed E-state index contributed by atoms with van der Waals surface area (Å²) in [6.07, 6.45) is 1.85. The Morgan fingerprint density at radius 2 is 1.80 bits per heavy atom. The number of hydrogen-bond donors (Lipinski definition) is 1. The summed E-state index contributed by atoms with van der Waals surface area (Å²) in [5.41, 5.74) is 6.41. The largest absolute Gasteiger partial charge is 0.335 e. The molecule has 0 aliphatic rings. The van der Waals surface area contributed by atoms with E-state index in [0.29, 0.717) is 40.3 Å². The second kappa shape index (κ2) is 8.46. The van der Waals surface area contributed by atoms with Crippen molar-refractivity contribution in [1.82, 2.24) is 29.7 Å². The number of fused-ring (bicyclic) bond motifs is 1. The number of anilines is 1. The summed E-state index contributed by atoms with van der Waals surface area (Å²) < 4.78 is 22.2. The number of aryl methyl sites for hydroxylation is 4. The Morgan fingerprint density at radius 1 is 1.06 bits per heavy atom. The molecule has 1 N–H and O–H groups in total. The van der Waals surface area contributed by atoms with Gasteiger partial charge in [0.1, 0.15) is 5.82 Å². The van der Waals surface area contributed by atoms with Crippen LogP contribution in [0.1, 0.15) is 38.7 Å². The maximum Gasteiger partial charge on any atom is 0.259 e. The Labute approximate surface area is 200 Å². The molecule has 0 atom stereocenters. The predicted octanol–water partition coefficient (Wildman–Crippen LogP) is 4.49. The lowest BCUT2D eigenvalue weighted by molar-refractivity contribution is 0.102. The molecule has 4 heterocycles. The van der Waals surface area contributed by atoms with Crippen molar-refractivity contribution in [2.75, 3.05) is 5.32 Å². The van der Waals surface area contributed by atoms with E-state index in [1.807, 2.05) is 34.0 Å². The SMILES string of the molecule is Cc1nn(C)cc1-c1cc(C(=O)Nc2c(C)nn(Cc3ccc(F)cc3)c2C)c2c(C)noc2n1. The number of benzene rings is 1. The van der Waals surface area contributed by atoms with Crippen molar-refractivity contribution in [2.45, 2.75) is 34.2 Å². The van der Waals surface area contributed by atoms with Gasteiger partial charge in [-0.1, -0.05) is 17.3 Å². The third kappa shape index (κ3) is 4.07. The summed E-state index contributed by atoms with van der Waals surface area (Å²) in [4.78, 5) is 18.1. The first-order chi connectivity index (χ1) is 16.7. The fourth-order valence-electron chi connectivity index (χ4n) is 4.24. The molecule has 10 heteroatoms. The molecule has 0 aliphatic carbocycles. The molecule has 9 nitrogen and oxygen atoms in total. The van der Waals surface area contributed by atoms with Gasteiger partial charge in [-0.25, -0.2) is 9.37 Å². The molecule has 5 rings (SSSR count). The number of rotatable bonds is 5. The van der Waals surface area contributed by atoms with Crippen LogP contribution in [-0.2, 0) is 13.6 Å². The lowest BCUT2D eigenvalue weighted by Crippen LogP contribution is -2.14. The van der Waals surface area contributed by atoms with Crippen molar-refractivity contribution in [3.63, 3.8) is 0 Å². The molecule has 0 saturated carbocycles. The van der Waals surface area contributed by atoms with Gasteiger partial charge in [0.25, 0.3) is 11.6 Å². The lowest BCUT2D eigenvalue weighted by atomic mass is 10.1. The smallest absolute Gasteiger partial charge is 0.259 e. The zero-order valence-electron chi connectivity index (χ0n) is 20.0. The van der Waals surface area contributed by atoms with Gasteiger partial charge < -0.3 is 9.84 Å². The van der Waals surface area contributed by atoms with E-state index in [-0.39, 0.29) is 17.4 Å². The number of pyridine rings is 1. The molecule has 0 unspecified atom stereocenters. The van der Waals surface area contributed by atoms with Crippen molar-refractivity contribution in [3.05, 3.63) is 76.2 Å². The molecule has 0 radical (unpaired) electrons. The van der Waals surface area contributed by atoms with Gasteiger partial charge in [-0.15, -0.1) is 0 Å². The highest BCUT2D eigenvalue weighted by molar-refractivity contribution is 6.13. The van der Waals surface area contributed by atoms with E-state index in [0.717, 1.165) is 22.5 Å². The third-order valence-electron chi connectivity index (χ3n) is 6.02. The fraction of sp³-hybridized carbons (Fsp3) is 0.240. The van der Waals surface area contributed by atoms with Crippen LogP contribution in [0.2, 0.25) is 0 Å². The number of halogens is 1. The van der Waals surface area contributed by atoms with Gasteiger partial charge in [0, 0.05) is 18.8 Å². The molecule has 5 aromatic rings. The summed E-state index contributed by atoms with van der Waals surface area (Å²) in [6.45, 7) is 7.83. The third-order valence-corrected chi connectivity index (χ3v) is 6.02. The van der Waals surface area contributed by atoms with Gasteiger partial charge >= 0.3 is 0 Å². The van der Waals surface area contributed by atoms with Gasteiger partial charge in [-0.05, 0) is 51.5 Å². The minimum Gasteiger partial charge on any atom is -0.335 e. The second-order valence-corrected chi connectivity index (χ2v) is 8.59. The van der Waals surface area contributed by atoms with Crippen LogP contribution in [0.4, 0.5) is 10.1 Å². The Bertz CT molecular complexity index is 1580. The van der Waals surface area contributed by atoms with E-state index in [4.69, 9.17) is 4.52 Å². The summed E-state index contributed by atoms with van der Waals surface area (Å²) >= 11 is 0. The quantitative estimate of drug-likeness (QED) is 0.403. The molecule has 4 aromatic heterocycles. The molecular formula is C25H24FN7O2. The monoisotopic (exact) mass is 473 g/mol. The van der Waals surface area contributed by atoms with Crippen LogP contribution in [-0.4, -0.2) is 35.6 Å². The van der Waals surface area contributed by atoms with Crippen LogP contribution in [0.25, 0.3) is 22.4 Å². The highest BCUT2D eigenvalue weighted by Gasteiger charge is 2.23. The Balaban J connectivity index is 1.51. The minimum atomic E-state index is -0.320. The Morgan fingerprint density at radius 3 is 2.49 bits per heavy atom. The van der Waals surface area contributed by atoms with Crippen LogP contribution in [0, 0.1) is 33.5 Å². The molecule has 0 spiro atoms. The van der Waals surface area contributed by atoms with E-state index < -0.39 is 0 Å². The topological polar surface area (TPSA) is 104 Å². The van der Waals surface area contributed by atoms with E-state index >= 15 is 0 Å². The molecule has 0 aliphatic heterocycles. The number of carbonyl (C=O) groups is 1. The number of amides is 1. The molecular weight excluding hydrogens is 449 g/mol. The van der Waals surface area contributed by atoms with Gasteiger partial charge in [-0.2, -0.15) is 10.2 Å². The van der Waals surface area contributed by atoms with E-state index in [9.17, 15) is 9.18 Å². The van der Waals surface area contributed by atoms with Crippen LogP contribution < -0.4 is 5.32 Å². The number of carbonyl (C=O) groups excluding carboxylic acids is 1. The zero-order chi connectivity index (χ0) is 24.9. The number of aromatic nitrogens is 6. The van der Waals surface area contributed by atoms with Crippen LogP contribution >= 0.6 is 0 Å². The van der Waals surface area contributed by atoms with Crippen molar-refractivity contribution in [1.29, 1.82) is 0 Å². The molecule has 0 bridgehead atoms. The average Bonchev–Trinajstić information content (AvgIpc) is 3.45. The Hall–Kier alpha value is -4.34. The minimum absolute atomic E-state index is 0.286. The standard InChI is InChI=1S/C25H24FN7O2/c1-13-20(12-32(5)29-13)21-10-19(22-14(2)31-35-25(22)27-21)24(34)28-23-15(3)30-33(16(23)4)11-17-6-8-18(26)9-7-17/h6-10,12H,11H2,1-5H3,(H,28,34). The first-order valence-electron chi connectivity index (χ1n) is 11.1. The maximum absolute atomic E-state index is 13.6.